The zero-order valence-electron chi connectivity index (χ0n) is 30.4. The van der Waals surface area contributed by atoms with E-state index in [1.165, 1.54) is 0 Å². The molecule has 0 saturated heterocycles. The Morgan fingerprint density at radius 1 is 0.587 bits per heavy atom. The van der Waals surface area contributed by atoms with Crippen molar-refractivity contribution in [3.63, 3.8) is 0 Å². The highest BCUT2D eigenvalue weighted by atomic mass is 127. The number of ether oxygens (including phenoxy) is 5. The summed E-state index contributed by atoms with van der Waals surface area (Å²) in [6.07, 6.45) is 0. The highest BCUT2D eigenvalue weighted by Gasteiger charge is 2.41. The zero-order chi connectivity index (χ0) is 34.8. The maximum absolute atomic E-state index is 16.8. The van der Waals surface area contributed by atoms with Crippen molar-refractivity contribution in [2.24, 2.45) is 0 Å². The highest BCUT2D eigenvalue weighted by molar-refractivity contribution is 14.1. The molecule has 0 fully saturated rings. The first-order valence-corrected chi connectivity index (χ1v) is 18.5. The van der Waals surface area contributed by atoms with Gasteiger partial charge in [-0.1, -0.05) is 83.1 Å². The molecule has 0 amide bonds. The molecule has 0 atom stereocenters. The molecule has 6 nitrogen and oxygen atoms in total. The van der Waals surface area contributed by atoms with Crippen molar-refractivity contribution < 1.29 is 28.2 Å². The van der Waals surface area contributed by atoms with E-state index >= 15 is 4.57 Å². The van der Waals surface area contributed by atoms with Gasteiger partial charge in [0.25, 0.3) is 0 Å². The molecular weight excluding hydrogens is 710 g/mol. The lowest BCUT2D eigenvalue weighted by Crippen LogP contribution is -2.32. The Kier molecular flexibility index (Phi) is 9.71. The summed E-state index contributed by atoms with van der Waals surface area (Å²) < 4.78 is 47.4. The molecule has 252 valence electrons. The van der Waals surface area contributed by atoms with Crippen molar-refractivity contribution in [2.45, 2.75) is 105 Å². The summed E-state index contributed by atoms with van der Waals surface area (Å²) in [5.41, 5.74) is 2.83. The minimum absolute atomic E-state index is 0.0746. The van der Waals surface area contributed by atoms with Gasteiger partial charge in [0, 0.05) is 38.2 Å². The van der Waals surface area contributed by atoms with Crippen LogP contribution in [0, 0.1) is 3.57 Å². The molecular formula is C38H52IO6P. The molecule has 0 radical (unpaired) electrons. The molecule has 8 heteroatoms. The Morgan fingerprint density at radius 2 is 0.935 bits per heavy atom. The van der Waals surface area contributed by atoms with Crippen molar-refractivity contribution in [2.75, 3.05) is 28.1 Å². The molecule has 0 saturated carbocycles. The second-order valence-electron chi connectivity index (χ2n) is 16.2. The van der Waals surface area contributed by atoms with E-state index in [4.69, 9.17) is 23.7 Å². The third-order valence-corrected chi connectivity index (χ3v) is 13.1. The Balaban J connectivity index is 2.33. The molecule has 0 aromatic heterocycles. The van der Waals surface area contributed by atoms with Crippen LogP contribution in [0.5, 0.6) is 28.7 Å². The van der Waals surface area contributed by atoms with Crippen LogP contribution in [0.2, 0.25) is 0 Å². The van der Waals surface area contributed by atoms with E-state index in [2.05, 4.69) is 130 Å². The fourth-order valence-corrected chi connectivity index (χ4v) is 10.4. The average molecular weight is 763 g/mol. The normalized spacial score (nSPS) is 14.0. The number of hydrogen-bond acceptors (Lipinski definition) is 6. The summed E-state index contributed by atoms with van der Waals surface area (Å²) in [5.74, 6) is 3.23. The Morgan fingerprint density at radius 3 is 1.24 bits per heavy atom. The number of rotatable bonds is 6. The van der Waals surface area contributed by atoms with E-state index in [0.717, 1.165) is 47.9 Å². The van der Waals surface area contributed by atoms with E-state index in [9.17, 15) is 0 Å². The van der Waals surface area contributed by atoms with Crippen LogP contribution in [0.15, 0.2) is 30.3 Å². The molecule has 0 unspecified atom stereocenters. The summed E-state index contributed by atoms with van der Waals surface area (Å²) in [6.45, 7) is 26.1. The first-order valence-electron chi connectivity index (χ1n) is 15.8. The minimum Gasteiger partial charge on any atom is -0.496 e. The second kappa shape index (κ2) is 12.3. The third kappa shape index (κ3) is 6.40. The molecule has 4 rings (SSSR count). The topological polar surface area (TPSA) is 63.2 Å². The summed E-state index contributed by atoms with van der Waals surface area (Å²) in [4.78, 5) is 0. The van der Waals surface area contributed by atoms with E-state index < -0.39 is 7.14 Å². The number of halogens is 1. The van der Waals surface area contributed by atoms with Crippen molar-refractivity contribution in [1.82, 2.24) is 0 Å². The first-order chi connectivity index (χ1) is 21.0. The molecule has 3 aromatic carbocycles. The molecule has 1 aliphatic heterocycles. The number of hydrogen-bond donors (Lipinski definition) is 0. The molecule has 0 aliphatic carbocycles. The first kappa shape index (κ1) is 36.5. The second-order valence-corrected chi connectivity index (χ2v) is 20.0. The average Bonchev–Trinajstić information content (AvgIpc) is 3.44. The smallest absolute Gasteiger partial charge is 0.231 e. The lowest BCUT2D eigenvalue weighted by Gasteiger charge is -2.34. The standard InChI is InChI=1S/C38H52IO6P/c1-35(2,3)24-16-22(17-25(31(24)42-14)36(4,5)6)46(40,29-20-28(41-13)33-34(30(29)39)45-21-44-33)23-18-26(37(7,8)9)32(43-15)27(19-23)38(10,11)12/h16-20H,21H2,1-15H3. The predicted octanol–water partition coefficient (Wildman–Crippen LogP) is 8.88. The van der Waals surface area contributed by atoms with Gasteiger partial charge in [0.2, 0.25) is 12.5 Å². The van der Waals surface area contributed by atoms with E-state index in [-0.39, 0.29) is 28.5 Å². The van der Waals surface area contributed by atoms with Crippen LogP contribution < -0.4 is 39.6 Å². The van der Waals surface area contributed by atoms with Crippen LogP contribution in [-0.4, -0.2) is 28.1 Å². The lowest BCUT2D eigenvalue weighted by atomic mass is 9.79. The Hall–Kier alpha value is -2.38. The Labute approximate surface area is 290 Å². The molecule has 0 spiro atoms. The van der Waals surface area contributed by atoms with Gasteiger partial charge in [0.1, 0.15) is 11.5 Å². The van der Waals surface area contributed by atoms with Crippen molar-refractivity contribution in [3.05, 3.63) is 56.2 Å². The number of fused-ring (bicyclic) bond motifs is 1. The lowest BCUT2D eigenvalue weighted by molar-refractivity contribution is 0.170. The molecule has 3 aromatic rings. The van der Waals surface area contributed by atoms with Crippen LogP contribution in [0.1, 0.15) is 105 Å². The molecule has 0 bridgehead atoms. The van der Waals surface area contributed by atoms with Crippen molar-refractivity contribution in [3.8, 4) is 28.7 Å². The summed E-state index contributed by atoms with van der Waals surface area (Å²) in [7, 11) is 1.38. The zero-order valence-corrected chi connectivity index (χ0v) is 33.4. The van der Waals surface area contributed by atoms with Crippen LogP contribution in [-0.2, 0) is 26.2 Å². The van der Waals surface area contributed by atoms with Gasteiger partial charge in [-0.25, -0.2) is 0 Å². The molecule has 1 heterocycles. The monoisotopic (exact) mass is 762 g/mol. The van der Waals surface area contributed by atoms with Gasteiger partial charge in [-0.05, 0) is 74.6 Å². The van der Waals surface area contributed by atoms with Crippen molar-refractivity contribution >= 4 is 45.6 Å². The van der Waals surface area contributed by atoms with E-state index in [0.29, 0.717) is 22.6 Å². The van der Waals surface area contributed by atoms with E-state index in [1.54, 1.807) is 21.3 Å². The van der Waals surface area contributed by atoms with Crippen LogP contribution in [0.25, 0.3) is 0 Å². The Bertz CT molecular complexity index is 1540. The van der Waals surface area contributed by atoms with Gasteiger partial charge in [0.05, 0.1) is 24.9 Å². The predicted molar refractivity (Wildman–Crippen MR) is 199 cm³/mol. The maximum Gasteiger partial charge on any atom is 0.231 e. The fraction of sp³-hybridized carbons (Fsp3) is 0.526. The SMILES string of the molecule is COc1cc(P(=O)(c2cc(C(C)(C)C)c(OC)c(C(C)(C)C)c2)c2cc(C(C)(C)C)c(OC)c(C(C)(C)C)c2)c(I)c2c1OCO2. The maximum atomic E-state index is 16.8. The quantitative estimate of drug-likeness (QED) is 0.185. The van der Waals surface area contributed by atoms with Crippen molar-refractivity contribution in [1.29, 1.82) is 0 Å². The third-order valence-electron chi connectivity index (χ3n) is 8.60. The van der Waals surface area contributed by atoms with Crippen LogP contribution >= 0.6 is 29.7 Å². The van der Waals surface area contributed by atoms with Gasteiger partial charge >= 0.3 is 0 Å². The van der Waals surface area contributed by atoms with Gasteiger partial charge in [-0.2, -0.15) is 0 Å². The van der Waals surface area contributed by atoms with Gasteiger partial charge < -0.3 is 28.2 Å². The fourth-order valence-electron chi connectivity index (χ4n) is 6.06. The summed E-state index contributed by atoms with van der Waals surface area (Å²) in [6, 6.07) is 10.3. The largest absolute Gasteiger partial charge is 0.496 e. The van der Waals surface area contributed by atoms with Gasteiger partial charge in [-0.15, -0.1) is 0 Å². The number of methoxy groups -OCH3 is 3. The molecule has 0 N–H and O–H groups in total. The number of benzene rings is 3. The summed E-state index contributed by atoms with van der Waals surface area (Å²) in [5, 5.41) is 2.10. The molecule has 46 heavy (non-hydrogen) atoms. The highest BCUT2D eigenvalue weighted by Crippen LogP contribution is 2.54. The van der Waals surface area contributed by atoms with Gasteiger partial charge in [-0.3, -0.25) is 0 Å². The van der Waals surface area contributed by atoms with E-state index in [1.807, 2.05) is 6.07 Å². The summed E-state index contributed by atoms with van der Waals surface area (Å²) >= 11 is 2.26. The van der Waals surface area contributed by atoms with Crippen LogP contribution in [0.4, 0.5) is 0 Å². The molecule has 1 aliphatic rings. The van der Waals surface area contributed by atoms with Gasteiger partial charge in [0.15, 0.2) is 18.6 Å². The minimum atomic E-state index is -3.67. The van der Waals surface area contributed by atoms with Crippen LogP contribution in [0.3, 0.4) is 0 Å².